The standard InChI is InChI=1S/C11H10FN5/c1-6(2)10-11-14-15-16-17(11)9-5-7(12)3-4-8(9)13-10/h3-6H,1-2H3. The molecule has 0 N–H and O–H groups in total. The minimum absolute atomic E-state index is 0.206. The summed E-state index contributed by atoms with van der Waals surface area (Å²) in [6.07, 6.45) is 0. The second-order valence-corrected chi connectivity index (χ2v) is 4.20. The van der Waals surface area contributed by atoms with Crippen LogP contribution < -0.4 is 0 Å². The van der Waals surface area contributed by atoms with E-state index in [9.17, 15) is 4.39 Å². The van der Waals surface area contributed by atoms with E-state index in [4.69, 9.17) is 0 Å². The average Bonchev–Trinajstić information content (AvgIpc) is 2.76. The Morgan fingerprint density at radius 3 is 2.88 bits per heavy atom. The monoisotopic (exact) mass is 231 g/mol. The average molecular weight is 231 g/mol. The lowest BCUT2D eigenvalue weighted by Crippen LogP contribution is -2.02. The van der Waals surface area contributed by atoms with E-state index in [2.05, 4.69) is 20.5 Å². The summed E-state index contributed by atoms with van der Waals surface area (Å²) in [6.45, 7) is 4.04. The molecule has 0 radical (unpaired) electrons. The van der Waals surface area contributed by atoms with E-state index in [1.807, 2.05) is 13.8 Å². The quantitative estimate of drug-likeness (QED) is 0.642. The molecule has 0 unspecified atom stereocenters. The molecule has 2 aromatic heterocycles. The first-order valence-electron chi connectivity index (χ1n) is 5.34. The number of aromatic nitrogens is 5. The van der Waals surface area contributed by atoms with Gasteiger partial charge in [-0.2, -0.15) is 4.52 Å². The van der Waals surface area contributed by atoms with Crippen molar-refractivity contribution in [2.75, 3.05) is 0 Å². The van der Waals surface area contributed by atoms with Crippen LogP contribution in [0.1, 0.15) is 25.5 Å². The summed E-state index contributed by atoms with van der Waals surface area (Å²) >= 11 is 0. The highest BCUT2D eigenvalue weighted by molar-refractivity contribution is 5.77. The van der Waals surface area contributed by atoms with E-state index in [1.54, 1.807) is 6.07 Å². The molecular weight excluding hydrogens is 221 g/mol. The van der Waals surface area contributed by atoms with Crippen LogP contribution in [0.15, 0.2) is 18.2 Å². The number of nitrogens with zero attached hydrogens (tertiary/aromatic N) is 5. The second kappa shape index (κ2) is 3.44. The Kier molecular flexibility index (Phi) is 2.04. The number of hydrogen-bond donors (Lipinski definition) is 0. The van der Waals surface area contributed by atoms with Gasteiger partial charge in [0.25, 0.3) is 0 Å². The maximum absolute atomic E-state index is 13.2. The molecule has 2 heterocycles. The van der Waals surface area contributed by atoms with Gasteiger partial charge in [-0.05, 0) is 28.5 Å². The third kappa shape index (κ3) is 1.44. The number of hydrogen-bond acceptors (Lipinski definition) is 4. The highest BCUT2D eigenvalue weighted by Gasteiger charge is 2.14. The van der Waals surface area contributed by atoms with Crippen LogP contribution in [-0.4, -0.2) is 25.0 Å². The van der Waals surface area contributed by atoms with Crippen LogP contribution in [0.4, 0.5) is 4.39 Å². The zero-order valence-corrected chi connectivity index (χ0v) is 9.42. The molecule has 0 saturated carbocycles. The Bertz CT molecular complexity index is 703. The Morgan fingerprint density at radius 1 is 1.29 bits per heavy atom. The lowest BCUT2D eigenvalue weighted by Gasteiger charge is -2.07. The minimum atomic E-state index is -0.326. The molecule has 0 fully saturated rings. The fraction of sp³-hybridized carbons (Fsp3) is 0.273. The van der Waals surface area contributed by atoms with Gasteiger partial charge in [0, 0.05) is 6.07 Å². The molecule has 0 saturated heterocycles. The van der Waals surface area contributed by atoms with Gasteiger partial charge in [-0.3, -0.25) is 0 Å². The molecule has 6 heteroatoms. The van der Waals surface area contributed by atoms with Crippen LogP contribution in [0.5, 0.6) is 0 Å². The van der Waals surface area contributed by atoms with E-state index in [-0.39, 0.29) is 11.7 Å². The number of benzene rings is 1. The molecular formula is C11H10FN5. The van der Waals surface area contributed by atoms with Gasteiger partial charge in [-0.15, -0.1) is 5.10 Å². The van der Waals surface area contributed by atoms with Crippen molar-refractivity contribution in [1.29, 1.82) is 0 Å². The highest BCUT2D eigenvalue weighted by Crippen LogP contribution is 2.21. The molecule has 1 aromatic carbocycles. The largest absolute Gasteiger partial charge is 0.247 e. The molecule has 0 spiro atoms. The topological polar surface area (TPSA) is 56.0 Å². The molecule has 0 aliphatic rings. The third-order valence-corrected chi connectivity index (χ3v) is 2.65. The van der Waals surface area contributed by atoms with Crippen LogP contribution >= 0.6 is 0 Å². The summed E-state index contributed by atoms with van der Waals surface area (Å²) < 4.78 is 14.7. The van der Waals surface area contributed by atoms with E-state index in [1.165, 1.54) is 16.6 Å². The summed E-state index contributed by atoms with van der Waals surface area (Å²) in [7, 11) is 0. The molecule has 0 amide bonds. The number of fused-ring (bicyclic) bond motifs is 3. The number of rotatable bonds is 1. The fourth-order valence-electron chi connectivity index (χ4n) is 1.84. The van der Waals surface area contributed by atoms with E-state index >= 15 is 0 Å². The number of halogens is 1. The molecule has 0 aliphatic carbocycles. The van der Waals surface area contributed by atoms with Crippen molar-refractivity contribution >= 4 is 16.7 Å². The van der Waals surface area contributed by atoms with E-state index < -0.39 is 0 Å². The van der Waals surface area contributed by atoms with Crippen LogP contribution in [0.3, 0.4) is 0 Å². The van der Waals surface area contributed by atoms with Crippen molar-refractivity contribution in [2.45, 2.75) is 19.8 Å². The number of tetrazole rings is 1. The molecule has 0 bridgehead atoms. The molecule has 17 heavy (non-hydrogen) atoms. The maximum Gasteiger partial charge on any atom is 0.201 e. The third-order valence-electron chi connectivity index (χ3n) is 2.65. The van der Waals surface area contributed by atoms with Gasteiger partial charge in [0.2, 0.25) is 5.65 Å². The smallest absolute Gasteiger partial charge is 0.201 e. The normalized spacial score (nSPS) is 11.8. The summed E-state index contributed by atoms with van der Waals surface area (Å²) in [5.74, 6) is -0.119. The van der Waals surface area contributed by atoms with Gasteiger partial charge in [-0.25, -0.2) is 9.37 Å². The van der Waals surface area contributed by atoms with Gasteiger partial charge in [-0.1, -0.05) is 13.8 Å². The van der Waals surface area contributed by atoms with E-state index in [0.717, 1.165) is 5.69 Å². The Balaban J connectivity index is 2.51. The Labute approximate surface area is 96.3 Å². The Hall–Kier alpha value is -2.11. The lowest BCUT2D eigenvalue weighted by atomic mass is 10.1. The first kappa shape index (κ1) is 10.1. The van der Waals surface area contributed by atoms with Gasteiger partial charge < -0.3 is 0 Å². The van der Waals surface area contributed by atoms with Gasteiger partial charge in [0.05, 0.1) is 16.7 Å². The zero-order chi connectivity index (χ0) is 12.0. The highest BCUT2D eigenvalue weighted by atomic mass is 19.1. The zero-order valence-electron chi connectivity index (χ0n) is 9.42. The minimum Gasteiger partial charge on any atom is -0.247 e. The summed E-state index contributed by atoms with van der Waals surface area (Å²) in [5, 5.41) is 11.4. The first-order valence-corrected chi connectivity index (χ1v) is 5.34. The predicted octanol–water partition coefficient (Wildman–Crippen LogP) is 1.93. The van der Waals surface area contributed by atoms with Crippen molar-refractivity contribution in [3.63, 3.8) is 0 Å². The van der Waals surface area contributed by atoms with Crippen molar-refractivity contribution in [1.82, 2.24) is 25.0 Å². The van der Waals surface area contributed by atoms with Gasteiger partial charge >= 0.3 is 0 Å². The van der Waals surface area contributed by atoms with Crippen molar-refractivity contribution < 1.29 is 4.39 Å². The Morgan fingerprint density at radius 2 is 2.12 bits per heavy atom. The van der Waals surface area contributed by atoms with Crippen LogP contribution in [-0.2, 0) is 0 Å². The van der Waals surface area contributed by atoms with Crippen LogP contribution in [0, 0.1) is 5.82 Å². The summed E-state index contributed by atoms with van der Waals surface area (Å²) in [5.41, 5.74) is 2.66. The summed E-state index contributed by atoms with van der Waals surface area (Å²) in [4.78, 5) is 4.49. The predicted molar refractivity (Wildman–Crippen MR) is 60.1 cm³/mol. The van der Waals surface area contributed by atoms with Gasteiger partial charge in [0.1, 0.15) is 5.82 Å². The van der Waals surface area contributed by atoms with Crippen LogP contribution in [0.25, 0.3) is 16.7 Å². The van der Waals surface area contributed by atoms with Crippen molar-refractivity contribution in [3.05, 3.63) is 29.7 Å². The molecule has 3 aromatic rings. The summed E-state index contributed by atoms with van der Waals surface area (Å²) in [6, 6.07) is 4.41. The lowest BCUT2D eigenvalue weighted by molar-refractivity contribution is 0.628. The molecule has 5 nitrogen and oxygen atoms in total. The van der Waals surface area contributed by atoms with Crippen molar-refractivity contribution in [3.8, 4) is 0 Å². The SMILES string of the molecule is CC(C)c1nc2ccc(F)cc2n2nnnc12. The first-order chi connectivity index (χ1) is 8.16. The maximum atomic E-state index is 13.2. The molecule has 86 valence electrons. The van der Waals surface area contributed by atoms with E-state index in [0.29, 0.717) is 16.7 Å². The molecule has 0 aliphatic heterocycles. The molecule has 3 rings (SSSR count). The van der Waals surface area contributed by atoms with Gasteiger partial charge in [0.15, 0.2) is 0 Å². The molecule has 0 atom stereocenters. The van der Waals surface area contributed by atoms with Crippen molar-refractivity contribution in [2.24, 2.45) is 0 Å². The fourth-order valence-corrected chi connectivity index (χ4v) is 1.84. The second-order valence-electron chi connectivity index (χ2n) is 4.20. The van der Waals surface area contributed by atoms with Crippen LogP contribution in [0.2, 0.25) is 0 Å².